The smallest absolute Gasteiger partial charge is 0.408 e. The van der Waals surface area contributed by atoms with E-state index in [-0.39, 0.29) is 67.8 Å². The van der Waals surface area contributed by atoms with Crippen molar-refractivity contribution < 1.29 is 67.8 Å². The number of nitrogens with zero attached hydrogens (tertiary/aromatic N) is 1. The maximum absolute atomic E-state index is 14.4. The van der Waals surface area contributed by atoms with Crippen LogP contribution in [0.1, 0.15) is 126 Å². The summed E-state index contributed by atoms with van der Waals surface area (Å²) in [5.74, 6) is -6.41. The number of rotatable bonds is 7. The molecule has 1 saturated carbocycles. The van der Waals surface area contributed by atoms with Gasteiger partial charge in [-0.15, -0.1) is 6.42 Å². The van der Waals surface area contributed by atoms with Gasteiger partial charge in [-0.05, 0) is 108 Å². The molecule has 16 nitrogen and oxygen atoms in total. The molecule has 16 heteroatoms. The Morgan fingerprint density at radius 3 is 2.36 bits per heavy atom. The van der Waals surface area contributed by atoms with E-state index in [4.69, 9.17) is 30.1 Å². The number of methoxy groups -OCH3 is 2. The van der Waals surface area contributed by atoms with Gasteiger partial charge in [-0.2, -0.15) is 0 Å². The number of aliphatic hydroxyl groups excluding tert-OH is 2. The summed E-state index contributed by atoms with van der Waals surface area (Å²) in [6.07, 6.45) is 14.5. The minimum Gasteiger partial charge on any atom is -0.460 e. The zero-order valence-corrected chi connectivity index (χ0v) is 42.8. The third-order valence-corrected chi connectivity index (χ3v) is 14.8. The van der Waals surface area contributed by atoms with E-state index in [9.17, 15) is 44.1 Å². The quantitative estimate of drug-likeness (QED) is 0.101. The van der Waals surface area contributed by atoms with Crippen LogP contribution in [0.4, 0.5) is 4.79 Å². The molecule has 15 atom stereocenters. The van der Waals surface area contributed by atoms with E-state index in [1.54, 1.807) is 66.0 Å². The number of terminal acetylenes is 1. The second kappa shape index (κ2) is 27.4. The Hall–Kier alpha value is -4.50. The second-order valence-corrected chi connectivity index (χ2v) is 20.3. The molecule has 70 heavy (non-hydrogen) atoms. The lowest BCUT2D eigenvalue weighted by atomic mass is 9.78. The molecular weight excluding hydrogens is 901 g/mol. The van der Waals surface area contributed by atoms with Gasteiger partial charge < -0.3 is 49.2 Å². The summed E-state index contributed by atoms with van der Waals surface area (Å²) in [5, 5.41) is 36.8. The van der Waals surface area contributed by atoms with E-state index < -0.39 is 89.9 Å². The average Bonchev–Trinajstić information content (AvgIpc) is 3.33. The summed E-state index contributed by atoms with van der Waals surface area (Å²) in [7, 11) is 2.91. The molecule has 2 bridgehead atoms. The van der Waals surface area contributed by atoms with E-state index in [0.29, 0.717) is 68.9 Å². The van der Waals surface area contributed by atoms with Crippen molar-refractivity contribution in [3.05, 3.63) is 47.6 Å². The van der Waals surface area contributed by atoms with Crippen LogP contribution in [0.15, 0.2) is 47.6 Å². The predicted molar refractivity (Wildman–Crippen MR) is 261 cm³/mol. The van der Waals surface area contributed by atoms with Gasteiger partial charge in [0.2, 0.25) is 5.79 Å². The zero-order chi connectivity index (χ0) is 51.9. The van der Waals surface area contributed by atoms with Crippen molar-refractivity contribution in [3.63, 3.8) is 0 Å². The number of alkyl carbamates (subject to hydrolysis) is 1. The number of hydrogen-bond acceptors (Lipinski definition) is 14. The van der Waals surface area contributed by atoms with Crippen LogP contribution in [0.25, 0.3) is 0 Å². The third kappa shape index (κ3) is 15.7. The van der Waals surface area contributed by atoms with Gasteiger partial charge in [0.1, 0.15) is 30.1 Å². The van der Waals surface area contributed by atoms with Gasteiger partial charge in [-0.3, -0.25) is 19.2 Å². The molecule has 1 aliphatic carbocycles. The Morgan fingerprint density at radius 2 is 1.67 bits per heavy atom. The topological polar surface area (TPSA) is 225 Å². The number of esters is 1. The van der Waals surface area contributed by atoms with E-state index in [1.165, 1.54) is 7.11 Å². The van der Waals surface area contributed by atoms with E-state index in [1.807, 2.05) is 26.0 Å². The number of piperidine rings is 1. The van der Waals surface area contributed by atoms with Gasteiger partial charge in [0, 0.05) is 44.9 Å². The number of amides is 2. The van der Waals surface area contributed by atoms with Gasteiger partial charge in [-0.25, -0.2) is 9.59 Å². The SMILES string of the molecule is C#CCOC(=O)NC1C[C@@H]2CC[C@@H](C)[C@@](O)(O2)C(=O)C(=O)N2CCCC[C@H]2C(=O)O[C@H]([C@H](C)C[C@@H]2CC[C@@H](O)C(OC)C2)CC(=O)[C@H](C)/C=C(\C)[C@@H](O)[C@@H](OC)C(=O)[C@H](C)C[C@H](C)/C=C/C=C/C=C/1C. The first-order valence-electron chi connectivity index (χ1n) is 25.2. The summed E-state index contributed by atoms with van der Waals surface area (Å²) in [6.45, 7) is 12.1. The number of carbonyl (C=O) groups excluding carboxylic acids is 6. The fourth-order valence-corrected chi connectivity index (χ4v) is 10.3. The first-order valence-corrected chi connectivity index (χ1v) is 25.2. The standard InChI is InChI=1S/C54H80N2O14/c1-11-25-68-53(64)55-41-30-40-22-20-38(8)54(65,70-40)50(61)51(62)56-24-16-15-19-42(56)52(63)69-45(35(5)28-39-21-23-43(57)46(29-39)66-9)31-44(58)34(4)27-37(7)48(60)49(67-10)47(59)36(6)26-32(2)17-13-12-14-18-33(41)3/h1,12-14,17-18,27,32,34-36,38-43,45-46,48-49,57,60,65H,15-16,19-26,28-31H2,2-10H3,(H,55,64)/b14-12+,17-13+,33-18+,37-27+/t32-,34-,35-,36-,38-,39+,40+,41?,42+,43-,45+,46?,48-,49+,54-/m1/s1. The fraction of sp³-hybridized carbons (Fsp3) is 0.704. The van der Waals surface area contributed by atoms with Gasteiger partial charge in [-0.1, -0.05) is 82.6 Å². The molecule has 4 rings (SSSR count). The van der Waals surface area contributed by atoms with Gasteiger partial charge >= 0.3 is 12.1 Å². The molecule has 390 valence electrons. The van der Waals surface area contributed by atoms with Crippen molar-refractivity contribution in [3.8, 4) is 12.3 Å². The lowest BCUT2D eigenvalue weighted by Crippen LogP contribution is -2.61. The normalized spacial score (nSPS) is 38.1. The van der Waals surface area contributed by atoms with Crippen LogP contribution in [-0.4, -0.2) is 137 Å². The molecule has 3 aliphatic heterocycles. The Bertz CT molecular complexity index is 1990. The summed E-state index contributed by atoms with van der Waals surface area (Å²) in [6, 6.07) is -1.91. The van der Waals surface area contributed by atoms with Gasteiger partial charge in [0.05, 0.1) is 24.4 Å². The maximum Gasteiger partial charge on any atom is 0.408 e. The number of ether oxygens (including phenoxy) is 5. The zero-order valence-electron chi connectivity index (χ0n) is 42.8. The maximum atomic E-state index is 14.4. The van der Waals surface area contributed by atoms with Crippen LogP contribution < -0.4 is 5.32 Å². The van der Waals surface area contributed by atoms with Crippen molar-refractivity contribution in [1.82, 2.24) is 10.2 Å². The van der Waals surface area contributed by atoms with Gasteiger partial charge in [0.25, 0.3) is 11.7 Å². The lowest BCUT2D eigenvalue weighted by molar-refractivity contribution is -0.264. The van der Waals surface area contributed by atoms with Crippen LogP contribution >= 0.6 is 0 Å². The highest BCUT2D eigenvalue weighted by molar-refractivity contribution is 6.39. The Balaban J connectivity index is 1.73. The van der Waals surface area contributed by atoms with Crippen molar-refractivity contribution in [2.75, 3.05) is 27.4 Å². The summed E-state index contributed by atoms with van der Waals surface area (Å²) in [5.41, 5.74) is 1.04. The molecule has 2 amide bonds. The number of fused-ring (bicyclic) bond motifs is 3. The number of Topliss-reactive ketones (excluding diaryl/α,β-unsaturated/α-hetero) is 3. The molecule has 3 heterocycles. The van der Waals surface area contributed by atoms with Crippen molar-refractivity contribution in [1.29, 1.82) is 0 Å². The predicted octanol–water partition coefficient (Wildman–Crippen LogP) is 5.89. The number of allylic oxidation sites excluding steroid dienone is 6. The largest absolute Gasteiger partial charge is 0.460 e. The van der Waals surface area contributed by atoms with Crippen molar-refractivity contribution in [2.45, 2.75) is 180 Å². The summed E-state index contributed by atoms with van der Waals surface area (Å²) < 4.78 is 28.7. The average molecular weight is 981 g/mol. The van der Waals surface area contributed by atoms with E-state index >= 15 is 0 Å². The molecule has 3 fully saturated rings. The molecule has 4 aliphatic rings. The molecule has 0 aromatic heterocycles. The summed E-state index contributed by atoms with van der Waals surface area (Å²) in [4.78, 5) is 85.0. The highest BCUT2D eigenvalue weighted by atomic mass is 16.6. The number of hydrogen-bond donors (Lipinski definition) is 4. The summed E-state index contributed by atoms with van der Waals surface area (Å²) >= 11 is 0. The molecule has 0 aromatic carbocycles. The Labute approximate surface area is 415 Å². The van der Waals surface area contributed by atoms with Crippen LogP contribution in [0, 0.1) is 47.9 Å². The Kier molecular flexibility index (Phi) is 22.7. The molecule has 4 N–H and O–H groups in total. The fourth-order valence-electron chi connectivity index (χ4n) is 10.3. The van der Waals surface area contributed by atoms with Crippen molar-refractivity contribution in [2.24, 2.45) is 35.5 Å². The Morgan fingerprint density at radius 1 is 0.943 bits per heavy atom. The first-order chi connectivity index (χ1) is 33.1. The third-order valence-electron chi connectivity index (χ3n) is 14.8. The minimum atomic E-state index is -2.56. The van der Waals surface area contributed by atoms with Crippen molar-refractivity contribution >= 4 is 35.3 Å². The van der Waals surface area contributed by atoms with Crippen LogP contribution in [-0.2, 0) is 47.7 Å². The lowest BCUT2D eigenvalue weighted by Gasteiger charge is -2.43. The molecule has 0 spiro atoms. The molecule has 0 aromatic rings. The minimum absolute atomic E-state index is 0.0325. The number of carbonyl (C=O) groups is 6. The number of nitrogens with one attached hydrogen (secondary N) is 1. The van der Waals surface area contributed by atoms with E-state index in [2.05, 4.69) is 11.2 Å². The number of cyclic esters (lactones) is 1. The number of ketones is 3. The molecule has 2 unspecified atom stereocenters. The monoisotopic (exact) mass is 981 g/mol. The highest BCUT2D eigenvalue weighted by Crippen LogP contribution is 2.37. The van der Waals surface area contributed by atoms with Crippen LogP contribution in [0.3, 0.4) is 0 Å². The van der Waals surface area contributed by atoms with E-state index in [0.717, 1.165) is 4.90 Å². The second-order valence-electron chi connectivity index (χ2n) is 20.3. The van der Waals surface area contributed by atoms with Crippen LogP contribution in [0.5, 0.6) is 0 Å². The highest BCUT2D eigenvalue weighted by Gasteiger charge is 2.53. The molecule has 0 radical (unpaired) electrons. The van der Waals surface area contributed by atoms with Gasteiger partial charge in [0.15, 0.2) is 12.4 Å². The molecular formula is C54H80N2O14. The van der Waals surface area contributed by atoms with Crippen LogP contribution in [0.2, 0.25) is 0 Å². The molecule has 2 saturated heterocycles. The number of aliphatic hydroxyl groups is 3. The first kappa shape index (κ1) is 58.1.